The number of amides is 1. The van der Waals surface area contributed by atoms with Gasteiger partial charge in [0.15, 0.2) is 18.1 Å². The van der Waals surface area contributed by atoms with Crippen LogP contribution in [0.15, 0.2) is 36.4 Å². The summed E-state index contributed by atoms with van der Waals surface area (Å²) in [5.41, 5.74) is 2.57. The van der Waals surface area contributed by atoms with Gasteiger partial charge >= 0.3 is 5.97 Å². The molecule has 152 valence electrons. The highest BCUT2D eigenvalue weighted by Crippen LogP contribution is 2.27. The number of esters is 1. The molecule has 3 rings (SSSR count). The smallest absolute Gasteiger partial charge is 0.338 e. The van der Waals surface area contributed by atoms with Gasteiger partial charge in [-0.2, -0.15) is 0 Å². The predicted molar refractivity (Wildman–Crippen MR) is 105 cm³/mol. The third-order valence-electron chi connectivity index (χ3n) is 4.32. The maximum absolute atomic E-state index is 12.2. The SMILES string of the molecule is CCn1nnc2cc(C(=O)OCC(=O)NCc3ccc(OC)c(OC)c3)ccc21. The molecule has 0 radical (unpaired) electrons. The molecule has 1 N–H and O–H groups in total. The lowest BCUT2D eigenvalue weighted by atomic mass is 10.2. The summed E-state index contributed by atoms with van der Waals surface area (Å²) in [5, 5.41) is 10.7. The molecule has 0 aliphatic carbocycles. The van der Waals surface area contributed by atoms with Crippen LogP contribution in [0.1, 0.15) is 22.8 Å². The Labute approximate surface area is 167 Å². The van der Waals surface area contributed by atoms with E-state index in [1.165, 1.54) is 0 Å². The molecule has 0 saturated carbocycles. The van der Waals surface area contributed by atoms with Crippen molar-refractivity contribution in [3.63, 3.8) is 0 Å². The third kappa shape index (κ3) is 4.63. The predicted octanol–water partition coefficient (Wildman–Crippen LogP) is 1.94. The molecule has 3 aromatic rings. The molecule has 0 spiro atoms. The Kier molecular flexibility index (Phi) is 6.28. The summed E-state index contributed by atoms with van der Waals surface area (Å²) in [6, 6.07) is 10.3. The largest absolute Gasteiger partial charge is 0.493 e. The fourth-order valence-corrected chi connectivity index (χ4v) is 2.79. The average molecular weight is 398 g/mol. The molecular weight excluding hydrogens is 376 g/mol. The lowest BCUT2D eigenvalue weighted by Gasteiger charge is -2.10. The van der Waals surface area contributed by atoms with Crippen molar-refractivity contribution in [2.24, 2.45) is 0 Å². The van der Waals surface area contributed by atoms with Crippen molar-refractivity contribution in [2.45, 2.75) is 20.0 Å². The fraction of sp³-hybridized carbons (Fsp3) is 0.300. The summed E-state index contributed by atoms with van der Waals surface area (Å²) < 4.78 is 17.2. The number of ether oxygens (including phenoxy) is 3. The van der Waals surface area contributed by atoms with E-state index in [1.807, 2.05) is 13.0 Å². The van der Waals surface area contributed by atoms with Gasteiger partial charge in [-0.05, 0) is 42.8 Å². The van der Waals surface area contributed by atoms with E-state index in [1.54, 1.807) is 49.2 Å². The number of carbonyl (C=O) groups is 2. The van der Waals surface area contributed by atoms with E-state index >= 15 is 0 Å². The van der Waals surface area contributed by atoms with Gasteiger partial charge < -0.3 is 19.5 Å². The zero-order valence-corrected chi connectivity index (χ0v) is 16.5. The van der Waals surface area contributed by atoms with E-state index in [0.29, 0.717) is 29.1 Å². The quantitative estimate of drug-likeness (QED) is 0.578. The monoisotopic (exact) mass is 398 g/mol. The van der Waals surface area contributed by atoms with Crippen LogP contribution in [0.4, 0.5) is 0 Å². The van der Waals surface area contributed by atoms with Gasteiger partial charge in [-0.1, -0.05) is 11.3 Å². The minimum absolute atomic E-state index is 0.267. The van der Waals surface area contributed by atoms with Crippen LogP contribution in [0.3, 0.4) is 0 Å². The van der Waals surface area contributed by atoms with E-state index < -0.39 is 11.9 Å². The molecule has 1 amide bonds. The van der Waals surface area contributed by atoms with Gasteiger partial charge in [-0.3, -0.25) is 4.79 Å². The summed E-state index contributed by atoms with van der Waals surface area (Å²) in [6.07, 6.45) is 0. The zero-order chi connectivity index (χ0) is 20.8. The first-order valence-electron chi connectivity index (χ1n) is 9.03. The van der Waals surface area contributed by atoms with Crippen LogP contribution in [0.25, 0.3) is 11.0 Å². The molecule has 0 bridgehead atoms. The van der Waals surface area contributed by atoms with E-state index in [4.69, 9.17) is 14.2 Å². The second-order valence-electron chi connectivity index (χ2n) is 6.15. The molecular formula is C20H22N4O5. The number of rotatable bonds is 8. The number of carbonyl (C=O) groups excluding carboxylic acids is 2. The van der Waals surface area contributed by atoms with Crippen molar-refractivity contribution >= 4 is 22.9 Å². The highest BCUT2D eigenvalue weighted by atomic mass is 16.5. The molecule has 0 aliphatic heterocycles. The van der Waals surface area contributed by atoms with Crippen LogP contribution in [-0.4, -0.2) is 47.7 Å². The number of hydrogen-bond acceptors (Lipinski definition) is 7. The minimum atomic E-state index is -0.598. The van der Waals surface area contributed by atoms with E-state index in [9.17, 15) is 9.59 Å². The summed E-state index contributed by atoms with van der Waals surface area (Å²) in [4.78, 5) is 24.2. The molecule has 0 unspecified atom stereocenters. The van der Waals surface area contributed by atoms with E-state index in [0.717, 1.165) is 11.1 Å². The van der Waals surface area contributed by atoms with Crippen LogP contribution in [-0.2, 0) is 22.6 Å². The summed E-state index contributed by atoms with van der Waals surface area (Å²) >= 11 is 0. The van der Waals surface area contributed by atoms with Crippen molar-refractivity contribution in [1.29, 1.82) is 0 Å². The van der Waals surface area contributed by atoms with Gasteiger partial charge in [0.05, 0.1) is 25.3 Å². The first-order chi connectivity index (χ1) is 14.0. The van der Waals surface area contributed by atoms with Crippen LogP contribution in [0.5, 0.6) is 11.5 Å². The highest BCUT2D eigenvalue weighted by Gasteiger charge is 2.13. The summed E-state index contributed by atoms with van der Waals surface area (Å²) in [5.74, 6) is 0.166. The van der Waals surface area contributed by atoms with Gasteiger partial charge in [0.2, 0.25) is 0 Å². The second kappa shape index (κ2) is 9.05. The van der Waals surface area contributed by atoms with Crippen molar-refractivity contribution in [3.05, 3.63) is 47.5 Å². The molecule has 1 heterocycles. The number of aromatic nitrogens is 3. The molecule has 0 fully saturated rings. The number of nitrogens with zero attached hydrogens (tertiary/aromatic N) is 3. The zero-order valence-electron chi connectivity index (χ0n) is 16.5. The van der Waals surface area contributed by atoms with E-state index in [2.05, 4.69) is 15.6 Å². The Bertz CT molecular complexity index is 1030. The number of fused-ring (bicyclic) bond motifs is 1. The topological polar surface area (TPSA) is 105 Å². The number of benzene rings is 2. The number of nitrogens with one attached hydrogen (secondary N) is 1. The lowest BCUT2D eigenvalue weighted by molar-refractivity contribution is -0.124. The van der Waals surface area contributed by atoms with Crippen molar-refractivity contribution in [2.75, 3.05) is 20.8 Å². The molecule has 9 nitrogen and oxygen atoms in total. The van der Waals surface area contributed by atoms with Crippen LogP contribution >= 0.6 is 0 Å². The Balaban J connectivity index is 1.53. The molecule has 0 aliphatic rings. The Morgan fingerprint density at radius 3 is 2.59 bits per heavy atom. The maximum atomic E-state index is 12.2. The van der Waals surface area contributed by atoms with E-state index in [-0.39, 0.29) is 13.2 Å². The Hall–Kier alpha value is -3.62. The third-order valence-corrected chi connectivity index (χ3v) is 4.32. The van der Waals surface area contributed by atoms with Crippen molar-refractivity contribution < 1.29 is 23.8 Å². The Morgan fingerprint density at radius 1 is 1.07 bits per heavy atom. The van der Waals surface area contributed by atoms with Crippen LogP contribution < -0.4 is 14.8 Å². The fourth-order valence-electron chi connectivity index (χ4n) is 2.79. The van der Waals surface area contributed by atoms with Gasteiger partial charge in [0.25, 0.3) is 5.91 Å². The highest BCUT2D eigenvalue weighted by molar-refractivity contribution is 5.94. The van der Waals surface area contributed by atoms with Gasteiger partial charge in [0, 0.05) is 13.1 Å². The minimum Gasteiger partial charge on any atom is -0.493 e. The standard InChI is InChI=1S/C20H22N4O5/c1-4-24-16-7-6-14(10-15(16)22-23-24)20(26)29-12-19(25)21-11-13-5-8-17(27-2)18(9-13)28-3/h5-10H,4,11-12H2,1-3H3,(H,21,25). The molecule has 29 heavy (non-hydrogen) atoms. The summed E-state index contributed by atoms with van der Waals surface area (Å²) in [6.45, 7) is 2.52. The molecule has 2 aromatic carbocycles. The summed E-state index contributed by atoms with van der Waals surface area (Å²) in [7, 11) is 3.09. The first kappa shape index (κ1) is 20.1. The number of methoxy groups -OCH3 is 2. The lowest BCUT2D eigenvalue weighted by Crippen LogP contribution is -2.28. The van der Waals surface area contributed by atoms with Crippen molar-refractivity contribution in [1.82, 2.24) is 20.3 Å². The van der Waals surface area contributed by atoms with Gasteiger partial charge in [-0.15, -0.1) is 5.10 Å². The molecule has 1 aromatic heterocycles. The van der Waals surface area contributed by atoms with Crippen LogP contribution in [0.2, 0.25) is 0 Å². The number of hydrogen-bond donors (Lipinski definition) is 1. The molecule has 9 heteroatoms. The molecule has 0 saturated heterocycles. The van der Waals surface area contributed by atoms with Crippen LogP contribution in [0, 0.1) is 0 Å². The first-order valence-corrected chi connectivity index (χ1v) is 9.03. The number of aryl methyl sites for hydroxylation is 1. The van der Waals surface area contributed by atoms with Gasteiger partial charge in [0.1, 0.15) is 5.52 Å². The Morgan fingerprint density at radius 2 is 1.86 bits per heavy atom. The maximum Gasteiger partial charge on any atom is 0.338 e. The average Bonchev–Trinajstić information content (AvgIpc) is 3.18. The normalized spacial score (nSPS) is 10.6. The second-order valence-corrected chi connectivity index (χ2v) is 6.15. The molecule has 0 atom stereocenters. The van der Waals surface area contributed by atoms with Crippen molar-refractivity contribution in [3.8, 4) is 11.5 Å². The van der Waals surface area contributed by atoms with Gasteiger partial charge in [-0.25, -0.2) is 9.48 Å².